The van der Waals surface area contributed by atoms with E-state index in [0.29, 0.717) is 10.8 Å². The summed E-state index contributed by atoms with van der Waals surface area (Å²) < 4.78 is 6.91. The van der Waals surface area contributed by atoms with Gasteiger partial charge in [-0.3, -0.25) is 0 Å². The lowest BCUT2D eigenvalue weighted by Crippen LogP contribution is -2.23. The van der Waals surface area contributed by atoms with Gasteiger partial charge in [0, 0.05) is 11.2 Å². The minimum Gasteiger partial charge on any atom is -0.543 e. The van der Waals surface area contributed by atoms with Gasteiger partial charge in [0.15, 0.2) is 6.73 Å². The first-order valence-electron chi connectivity index (χ1n) is 5.61. The van der Waals surface area contributed by atoms with Crippen LogP contribution < -0.4 is 9.84 Å². The molecule has 0 unspecified atom stereocenters. The number of hydrogen-bond donors (Lipinski definition) is 0. The molecule has 0 aliphatic heterocycles. The maximum atomic E-state index is 10.6. The number of carbonyl (C=O) groups excluding carboxylic acids is 1. The lowest BCUT2D eigenvalue weighted by Gasteiger charge is -2.10. The summed E-state index contributed by atoms with van der Waals surface area (Å²) in [6.07, 6.45) is 1.51. The van der Waals surface area contributed by atoms with Crippen LogP contribution in [0.15, 0.2) is 24.4 Å². The third-order valence-electron chi connectivity index (χ3n) is 2.62. The summed E-state index contributed by atoms with van der Waals surface area (Å²) in [7, 11) is 0. The van der Waals surface area contributed by atoms with E-state index in [1.807, 2.05) is 26.0 Å². The second-order valence-corrected chi connectivity index (χ2v) is 4.55. The summed E-state index contributed by atoms with van der Waals surface area (Å²) >= 11 is 6.06. The number of hydrogen-bond acceptors (Lipinski definition) is 4. The molecule has 1 aromatic heterocycles. The quantitative estimate of drug-likeness (QED) is 0.852. The number of aryl methyl sites for hydroxylation is 2. The first kappa shape index (κ1) is 13.4. The fourth-order valence-corrected chi connectivity index (χ4v) is 1.78. The molecule has 0 saturated carbocycles. The first-order chi connectivity index (χ1) is 8.97. The van der Waals surface area contributed by atoms with E-state index in [-0.39, 0.29) is 12.4 Å². The lowest BCUT2D eigenvalue weighted by atomic mass is 10.1. The maximum absolute atomic E-state index is 10.6. The number of rotatable bonds is 4. The Hall–Kier alpha value is -2.01. The molecule has 6 heteroatoms. The number of carbonyl (C=O) groups is 1. The van der Waals surface area contributed by atoms with E-state index in [1.54, 1.807) is 0 Å². The van der Waals surface area contributed by atoms with Crippen LogP contribution in [-0.2, 0) is 6.73 Å². The third kappa shape index (κ3) is 3.06. The number of halogens is 1. The van der Waals surface area contributed by atoms with Crippen molar-refractivity contribution < 1.29 is 14.6 Å². The van der Waals surface area contributed by atoms with Gasteiger partial charge in [0.25, 0.3) is 0 Å². The molecule has 0 radical (unpaired) electrons. The number of aromatic nitrogens is 2. The zero-order valence-corrected chi connectivity index (χ0v) is 11.3. The number of nitrogens with zero attached hydrogens (tertiary/aromatic N) is 2. The van der Waals surface area contributed by atoms with Crippen LogP contribution in [0.3, 0.4) is 0 Å². The van der Waals surface area contributed by atoms with E-state index < -0.39 is 5.97 Å². The van der Waals surface area contributed by atoms with Crippen molar-refractivity contribution in [2.24, 2.45) is 0 Å². The van der Waals surface area contributed by atoms with Crippen LogP contribution in [0, 0.1) is 13.8 Å². The molecule has 0 aliphatic rings. The molecule has 2 aromatic rings. The van der Waals surface area contributed by atoms with E-state index in [9.17, 15) is 9.90 Å². The van der Waals surface area contributed by atoms with Crippen LogP contribution in [0.5, 0.6) is 5.75 Å². The summed E-state index contributed by atoms with van der Waals surface area (Å²) in [5.74, 6) is -0.651. The molecule has 2 rings (SSSR count). The monoisotopic (exact) mass is 279 g/mol. The molecule has 0 amide bonds. The van der Waals surface area contributed by atoms with Gasteiger partial charge in [0.1, 0.15) is 11.4 Å². The topological polar surface area (TPSA) is 67.2 Å². The number of carboxylic acid groups (broad SMARTS) is 1. The average molecular weight is 280 g/mol. The van der Waals surface area contributed by atoms with Crippen molar-refractivity contribution in [1.29, 1.82) is 0 Å². The van der Waals surface area contributed by atoms with Crippen molar-refractivity contribution in [2.45, 2.75) is 20.6 Å². The summed E-state index contributed by atoms with van der Waals surface area (Å²) in [6.45, 7) is 3.91. The molecule has 0 spiro atoms. The normalized spacial score (nSPS) is 10.5. The van der Waals surface area contributed by atoms with Gasteiger partial charge < -0.3 is 14.6 Å². The smallest absolute Gasteiger partial charge is 0.180 e. The highest BCUT2D eigenvalue weighted by molar-refractivity contribution is 6.32. The molecular weight excluding hydrogens is 268 g/mol. The van der Waals surface area contributed by atoms with E-state index in [2.05, 4.69) is 5.10 Å². The highest BCUT2D eigenvalue weighted by atomic mass is 35.5. The summed E-state index contributed by atoms with van der Waals surface area (Å²) in [6, 6.07) is 4.99. The molecule has 0 fully saturated rings. The molecule has 19 heavy (non-hydrogen) atoms. The van der Waals surface area contributed by atoms with Gasteiger partial charge in [-0.2, -0.15) is 5.10 Å². The minimum atomic E-state index is -1.31. The second-order valence-electron chi connectivity index (χ2n) is 4.17. The van der Waals surface area contributed by atoms with Crippen LogP contribution >= 0.6 is 11.6 Å². The average Bonchev–Trinajstić information content (AvgIpc) is 2.82. The Bertz CT molecular complexity index is 599. The van der Waals surface area contributed by atoms with E-state index in [4.69, 9.17) is 16.3 Å². The minimum absolute atomic E-state index is 0.118. The van der Waals surface area contributed by atoms with Crippen molar-refractivity contribution in [2.75, 3.05) is 0 Å². The highest BCUT2D eigenvalue weighted by Crippen LogP contribution is 2.25. The van der Waals surface area contributed by atoms with Crippen LogP contribution in [-0.4, -0.2) is 15.7 Å². The van der Waals surface area contributed by atoms with Gasteiger partial charge in [-0.05, 0) is 43.2 Å². The Balaban J connectivity index is 2.08. The molecule has 1 heterocycles. The zero-order valence-electron chi connectivity index (χ0n) is 10.5. The highest BCUT2D eigenvalue weighted by Gasteiger charge is 2.04. The molecular formula is C13H12ClN2O3-. The molecule has 0 atom stereocenters. The Morgan fingerprint density at radius 3 is 2.58 bits per heavy atom. The Kier molecular flexibility index (Phi) is 3.76. The van der Waals surface area contributed by atoms with Gasteiger partial charge in [-0.25, -0.2) is 4.68 Å². The van der Waals surface area contributed by atoms with Crippen LogP contribution in [0.25, 0.3) is 0 Å². The van der Waals surface area contributed by atoms with Crippen molar-refractivity contribution in [1.82, 2.24) is 9.78 Å². The van der Waals surface area contributed by atoms with Gasteiger partial charge >= 0.3 is 0 Å². The van der Waals surface area contributed by atoms with E-state index >= 15 is 0 Å². The van der Waals surface area contributed by atoms with E-state index in [1.165, 1.54) is 16.9 Å². The molecule has 100 valence electrons. The maximum Gasteiger partial charge on any atom is 0.180 e. The van der Waals surface area contributed by atoms with Crippen LogP contribution in [0.1, 0.15) is 21.6 Å². The SMILES string of the molecule is Cc1cc(OCn2ccc(C(=O)[O-])n2)cc(C)c1Cl. The van der Waals surface area contributed by atoms with Gasteiger partial charge in [-0.15, -0.1) is 0 Å². The summed E-state index contributed by atoms with van der Waals surface area (Å²) in [5, 5.41) is 15.1. The predicted octanol–water partition coefficient (Wildman–Crippen LogP) is 1.55. The number of carboxylic acids is 1. The van der Waals surface area contributed by atoms with E-state index in [0.717, 1.165) is 11.1 Å². The lowest BCUT2D eigenvalue weighted by molar-refractivity contribution is -0.255. The zero-order chi connectivity index (χ0) is 14.0. The largest absolute Gasteiger partial charge is 0.543 e. The Morgan fingerprint density at radius 2 is 2.05 bits per heavy atom. The fourth-order valence-electron chi connectivity index (χ4n) is 1.67. The van der Waals surface area contributed by atoms with Crippen LogP contribution in [0.2, 0.25) is 5.02 Å². The van der Waals surface area contributed by atoms with Crippen molar-refractivity contribution in [3.05, 3.63) is 46.2 Å². The molecule has 0 saturated heterocycles. The standard InChI is InChI=1S/C13H13ClN2O3/c1-8-5-10(6-9(2)12(8)14)19-7-16-4-3-11(15-16)13(17)18/h3-6H,7H2,1-2H3,(H,17,18)/p-1. The van der Waals surface area contributed by atoms with Crippen molar-refractivity contribution >= 4 is 17.6 Å². The van der Waals surface area contributed by atoms with Gasteiger partial charge in [-0.1, -0.05) is 11.6 Å². The van der Waals surface area contributed by atoms with Crippen molar-refractivity contribution in [3.63, 3.8) is 0 Å². The summed E-state index contributed by atoms with van der Waals surface area (Å²) in [5.41, 5.74) is 1.73. The Morgan fingerprint density at radius 1 is 1.42 bits per heavy atom. The van der Waals surface area contributed by atoms with Gasteiger partial charge in [0.05, 0.1) is 5.97 Å². The Labute approximate surface area is 115 Å². The molecule has 0 bridgehead atoms. The predicted molar refractivity (Wildman–Crippen MR) is 68.1 cm³/mol. The van der Waals surface area contributed by atoms with Crippen molar-refractivity contribution in [3.8, 4) is 5.75 Å². The third-order valence-corrected chi connectivity index (χ3v) is 3.22. The molecule has 1 aromatic carbocycles. The molecule has 0 aliphatic carbocycles. The molecule has 0 N–H and O–H groups in total. The summed E-state index contributed by atoms with van der Waals surface area (Å²) in [4.78, 5) is 10.6. The number of aromatic carboxylic acids is 1. The molecule has 5 nitrogen and oxygen atoms in total. The second kappa shape index (κ2) is 5.32. The first-order valence-corrected chi connectivity index (χ1v) is 5.99. The van der Waals surface area contributed by atoms with Gasteiger partial charge in [0.2, 0.25) is 0 Å². The van der Waals surface area contributed by atoms with Crippen LogP contribution in [0.4, 0.5) is 0 Å². The number of ether oxygens (including phenoxy) is 1. The fraction of sp³-hybridized carbons (Fsp3) is 0.231. The number of benzene rings is 1.